The van der Waals surface area contributed by atoms with Crippen molar-refractivity contribution in [2.24, 2.45) is 0 Å². The maximum Gasteiger partial charge on any atom is 0.224 e. The molecule has 0 aromatic heterocycles. The van der Waals surface area contributed by atoms with E-state index in [0.717, 1.165) is 32.5 Å². The van der Waals surface area contributed by atoms with Crippen molar-refractivity contribution < 1.29 is 9.53 Å². The summed E-state index contributed by atoms with van der Waals surface area (Å²) in [5.74, 6) is 0.860. The minimum Gasteiger partial charge on any atom is -0.384 e. The number of methoxy groups -OCH3 is 1. The van der Waals surface area contributed by atoms with Crippen LogP contribution in [-0.2, 0) is 9.53 Å². The third kappa shape index (κ3) is 3.43. The van der Waals surface area contributed by atoms with Gasteiger partial charge < -0.3 is 9.64 Å². The number of carbonyl (C=O) groups is 1. The molecule has 1 unspecified atom stereocenters. The summed E-state index contributed by atoms with van der Waals surface area (Å²) in [4.78, 5) is 16.7. The smallest absolute Gasteiger partial charge is 0.224 e. The number of nitrogens with zero attached hydrogens (tertiary/aromatic N) is 2. The Morgan fingerprint density at radius 3 is 2.61 bits per heavy atom. The molecule has 1 aromatic rings. The standard InChI is InChI=1S/C19H28N2O2/c1-20-15-17(16-6-4-3-5-7-16)14-19(20)9-11-21(12-10-19)18(22)8-13-23-2/h3-7,17H,8-15H2,1-2H3. The van der Waals surface area contributed by atoms with E-state index in [2.05, 4.69) is 42.3 Å². The zero-order chi connectivity index (χ0) is 16.3. The van der Waals surface area contributed by atoms with Gasteiger partial charge in [0.1, 0.15) is 0 Å². The second-order valence-corrected chi connectivity index (χ2v) is 7.04. The molecule has 2 heterocycles. The quantitative estimate of drug-likeness (QED) is 0.855. The molecule has 0 radical (unpaired) electrons. The summed E-state index contributed by atoms with van der Waals surface area (Å²) in [6.07, 6.45) is 3.90. The minimum absolute atomic E-state index is 0.238. The number of likely N-dealkylation sites (tertiary alicyclic amines) is 2. The summed E-state index contributed by atoms with van der Waals surface area (Å²) in [5, 5.41) is 0. The van der Waals surface area contributed by atoms with Gasteiger partial charge in [0.25, 0.3) is 0 Å². The van der Waals surface area contributed by atoms with E-state index in [9.17, 15) is 4.79 Å². The molecule has 23 heavy (non-hydrogen) atoms. The van der Waals surface area contributed by atoms with Gasteiger partial charge in [-0.1, -0.05) is 30.3 Å². The van der Waals surface area contributed by atoms with E-state index < -0.39 is 0 Å². The molecule has 1 aromatic carbocycles. The molecule has 3 rings (SSSR count). The predicted molar refractivity (Wildman–Crippen MR) is 91.5 cm³/mol. The number of rotatable bonds is 4. The van der Waals surface area contributed by atoms with Crippen LogP contribution in [0.1, 0.15) is 37.2 Å². The van der Waals surface area contributed by atoms with Crippen LogP contribution in [0.4, 0.5) is 0 Å². The first-order valence-electron chi connectivity index (χ1n) is 8.67. The molecule has 2 fully saturated rings. The average Bonchev–Trinajstić information content (AvgIpc) is 2.91. The number of piperidine rings is 1. The molecule has 1 spiro atoms. The summed E-state index contributed by atoms with van der Waals surface area (Å²) >= 11 is 0. The number of hydrogen-bond donors (Lipinski definition) is 0. The number of benzene rings is 1. The Balaban J connectivity index is 1.60. The van der Waals surface area contributed by atoms with Gasteiger partial charge in [-0.3, -0.25) is 9.69 Å². The summed E-state index contributed by atoms with van der Waals surface area (Å²) in [6.45, 7) is 3.42. The Hall–Kier alpha value is -1.39. The highest BCUT2D eigenvalue weighted by atomic mass is 16.5. The van der Waals surface area contributed by atoms with E-state index in [1.165, 1.54) is 12.0 Å². The summed E-state index contributed by atoms with van der Waals surface area (Å²) in [6, 6.07) is 10.9. The van der Waals surface area contributed by atoms with Crippen LogP contribution in [-0.4, -0.2) is 61.6 Å². The highest BCUT2D eigenvalue weighted by molar-refractivity contribution is 5.76. The van der Waals surface area contributed by atoms with Gasteiger partial charge in [0.15, 0.2) is 0 Å². The lowest BCUT2D eigenvalue weighted by Gasteiger charge is -2.43. The fourth-order valence-corrected chi connectivity index (χ4v) is 4.26. The molecule has 2 aliphatic rings. The van der Waals surface area contributed by atoms with E-state index in [-0.39, 0.29) is 11.4 Å². The third-order valence-electron chi connectivity index (χ3n) is 5.77. The van der Waals surface area contributed by atoms with Gasteiger partial charge in [-0.05, 0) is 37.8 Å². The van der Waals surface area contributed by atoms with Gasteiger partial charge in [-0.2, -0.15) is 0 Å². The Kier molecular flexibility index (Phi) is 5.02. The van der Waals surface area contributed by atoms with Crippen molar-refractivity contribution >= 4 is 5.91 Å². The average molecular weight is 316 g/mol. The van der Waals surface area contributed by atoms with Crippen LogP contribution in [0.3, 0.4) is 0 Å². The fraction of sp³-hybridized carbons (Fsp3) is 0.632. The number of hydrogen-bond acceptors (Lipinski definition) is 3. The van der Waals surface area contributed by atoms with Crippen LogP contribution in [0, 0.1) is 0 Å². The molecule has 126 valence electrons. The van der Waals surface area contributed by atoms with Gasteiger partial charge in [0.05, 0.1) is 13.0 Å². The van der Waals surface area contributed by atoms with Crippen LogP contribution in [0.15, 0.2) is 30.3 Å². The molecule has 1 atom stereocenters. The van der Waals surface area contributed by atoms with Crippen molar-refractivity contribution in [3.05, 3.63) is 35.9 Å². The Morgan fingerprint density at radius 2 is 1.96 bits per heavy atom. The van der Waals surface area contributed by atoms with Crippen molar-refractivity contribution in [2.45, 2.75) is 37.1 Å². The molecule has 0 saturated carbocycles. The molecular formula is C19H28N2O2. The first-order valence-corrected chi connectivity index (χ1v) is 8.67. The Bertz CT molecular complexity index is 523. The van der Waals surface area contributed by atoms with Crippen LogP contribution >= 0.6 is 0 Å². The van der Waals surface area contributed by atoms with Crippen molar-refractivity contribution in [3.63, 3.8) is 0 Å². The summed E-state index contributed by atoms with van der Waals surface area (Å²) in [7, 11) is 3.90. The first-order chi connectivity index (χ1) is 11.1. The maximum absolute atomic E-state index is 12.2. The lowest BCUT2D eigenvalue weighted by molar-refractivity contribution is -0.134. The van der Waals surface area contributed by atoms with Crippen molar-refractivity contribution in [3.8, 4) is 0 Å². The lowest BCUT2D eigenvalue weighted by Crippen LogP contribution is -2.52. The monoisotopic (exact) mass is 316 g/mol. The molecule has 4 heteroatoms. The SMILES string of the molecule is COCCC(=O)N1CCC2(CC1)CC(c1ccccc1)CN2C. The summed E-state index contributed by atoms with van der Waals surface area (Å²) < 4.78 is 5.02. The molecule has 2 aliphatic heterocycles. The number of likely N-dealkylation sites (N-methyl/N-ethyl adjacent to an activating group) is 1. The summed E-state index contributed by atoms with van der Waals surface area (Å²) in [5.41, 5.74) is 1.73. The maximum atomic E-state index is 12.2. The van der Waals surface area contributed by atoms with E-state index in [4.69, 9.17) is 4.74 Å². The molecule has 0 aliphatic carbocycles. The van der Waals surface area contributed by atoms with Crippen LogP contribution < -0.4 is 0 Å². The van der Waals surface area contributed by atoms with Crippen molar-refractivity contribution in [2.75, 3.05) is 40.4 Å². The highest BCUT2D eigenvalue weighted by Crippen LogP contribution is 2.43. The van der Waals surface area contributed by atoms with E-state index in [0.29, 0.717) is 18.9 Å². The zero-order valence-corrected chi connectivity index (χ0v) is 14.3. The van der Waals surface area contributed by atoms with Gasteiger partial charge in [0, 0.05) is 32.3 Å². The van der Waals surface area contributed by atoms with Crippen molar-refractivity contribution in [1.82, 2.24) is 9.80 Å². The largest absolute Gasteiger partial charge is 0.384 e. The minimum atomic E-state index is 0.238. The van der Waals surface area contributed by atoms with Gasteiger partial charge >= 0.3 is 0 Å². The molecule has 2 saturated heterocycles. The van der Waals surface area contributed by atoms with Gasteiger partial charge in [-0.15, -0.1) is 0 Å². The normalized spacial score (nSPS) is 24.3. The molecule has 1 amide bonds. The number of carbonyl (C=O) groups excluding carboxylic acids is 1. The van der Waals surface area contributed by atoms with Crippen LogP contribution in [0.25, 0.3) is 0 Å². The second-order valence-electron chi connectivity index (χ2n) is 7.04. The van der Waals surface area contributed by atoms with E-state index >= 15 is 0 Å². The molecule has 0 bridgehead atoms. The van der Waals surface area contributed by atoms with Gasteiger partial charge in [-0.25, -0.2) is 0 Å². The third-order valence-corrected chi connectivity index (χ3v) is 5.77. The predicted octanol–water partition coefficient (Wildman–Crippen LogP) is 2.50. The van der Waals surface area contributed by atoms with Crippen LogP contribution in [0.2, 0.25) is 0 Å². The first kappa shape index (κ1) is 16.5. The topological polar surface area (TPSA) is 32.8 Å². The zero-order valence-electron chi connectivity index (χ0n) is 14.3. The van der Waals surface area contributed by atoms with Crippen molar-refractivity contribution in [1.29, 1.82) is 0 Å². The van der Waals surface area contributed by atoms with Crippen LogP contribution in [0.5, 0.6) is 0 Å². The number of amides is 1. The highest BCUT2D eigenvalue weighted by Gasteiger charge is 2.45. The molecule has 4 nitrogen and oxygen atoms in total. The molecule has 0 N–H and O–H groups in total. The molecular weight excluding hydrogens is 288 g/mol. The Morgan fingerprint density at radius 1 is 1.26 bits per heavy atom. The lowest BCUT2D eigenvalue weighted by atomic mass is 9.81. The van der Waals surface area contributed by atoms with E-state index in [1.54, 1.807) is 7.11 Å². The fourth-order valence-electron chi connectivity index (χ4n) is 4.26. The second kappa shape index (κ2) is 7.02. The number of ether oxygens (including phenoxy) is 1. The Labute approximate surface area is 139 Å². The van der Waals surface area contributed by atoms with Gasteiger partial charge in [0.2, 0.25) is 5.91 Å². The van der Waals surface area contributed by atoms with E-state index in [1.807, 2.05) is 4.90 Å².